The molecule has 0 saturated carbocycles. The van der Waals surface area contributed by atoms with Crippen LogP contribution < -0.4 is 5.48 Å². The van der Waals surface area contributed by atoms with Gasteiger partial charge in [-0.25, -0.2) is 5.48 Å². The Balaban J connectivity index is 2.40. The van der Waals surface area contributed by atoms with Gasteiger partial charge in [-0.15, -0.1) is 0 Å². The highest BCUT2D eigenvalue weighted by molar-refractivity contribution is 5.97. The van der Waals surface area contributed by atoms with E-state index in [1.54, 1.807) is 6.07 Å². The van der Waals surface area contributed by atoms with Crippen molar-refractivity contribution in [3.8, 4) is 0 Å². The molecule has 2 rings (SSSR count). The Morgan fingerprint density at radius 3 is 2.93 bits per heavy atom. The van der Waals surface area contributed by atoms with Gasteiger partial charge in [0.2, 0.25) is 0 Å². The van der Waals surface area contributed by atoms with E-state index >= 15 is 0 Å². The summed E-state index contributed by atoms with van der Waals surface area (Å²) in [5.74, 6) is -0.274. The molecule has 0 radical (unpaired) electrons. The molecule has 14 heavy (non-hydrogen) atoms. The number of hydroxylamine groups is 1. The minimum atomic E-state index is -0.274. The number of fused-ring (bicyclic) bond motifs is 1. The number of rotatable bonds is 2. The maximum atomic E-state index is 11.3. The monoisotopic (exact) mass is 190 g/mol. The molecule has 0 aliphatic heterocycles. The second kappa shape index (κ2) is 3.51. The number of carbonyl (C=O) groups is 1. The van der Waals surface area contributed by atoms with E-state index in [1.165, 1.54) is 7.11 Å². The summed E-state index contributed by atoms with van der Waals surface area (Å²) in [6, 6.07) is 9.48. The van der Waals surface area contributed by atoms with Gasteiger partial charge in [-0.3, -0.25) is 9.63 Å². The van der Waals surface area contributed by atoms with Gasteiger partial charge in [-0.05, 0) is 12.1 Å². The first-order valence-corrected chi connectivity index (χ1v) is 4.22. The van der Waals surface area contributed by atoms with Crippen LogP contribution >= 0.6 is 0 Å². The van der Waals surface area contributed by atoms with Crippen molar-refractivity contribution in [3.05, 3.63) is 36.0 Å². The highest BCUT2D eigenvalue weighted by Crippen LogP contribution is 2.14. The van der Waals surface area contributed by atoms with E-state index in [0.29, 0.717) is 5.69 Å². The van der Waals surface area contributed by atoms with Crippen molar-refractivity contribution in [2.75, 3.05) is 7.11 Å². The zero-order valence-corrected chi connectivity index (χ0v) is 7.70. The molecule has 4 heteroatoms. The average molecular weight is 190 g/mol. The Hall–Kier alpha value is -1.81. The molecule has 2 N–H and O–H groups in total. The molecule has 1 aromatic carbocycles. The number of H-pyrrole nitrogens is 1. The number of aromatic amines is 1. The van der Waals surface area contributed by atoms with Crippen LogP contribution in [-0.2, 0) is 4.84 Å². The van der Waals surface area contributed by atoms with E-state index in [-0.39, 0.29) is 5.91 Å². The van der Waals surface area contributed by atoms with E-state index in [4.69, 9.17) is 0 Å². The summed E-state index contributed by atoms with van der Waals surface area (Å²) >= 11 is 0. The Morgan fingerprint density at radius 2 is 2.21 bits per heavy atom. The lowest BCUT2D eigenvalue weighted by molar-refractivity contribution is 0.0533. The lowest BCUT2D eigenvalue weighted by Gasteiger charge is -1.97. The fourth-order valence-corrected chi connectivity index (χ4v) is 1.34. The minimum absolute atomic E-state index is 0.274. The Morgan fingerprint density at radius 1 is 1.43 bits per heavy atom. The largest absolute Gasteiger partial charge is 0.350 e. The molecule has 0 spiro atoms. The molecule has 2 aromatic rings. The van der Waals surface area contributed by atoms with Gasteiger partial charge in [0.15, 0.2) is 0 Å². The third-order valence-electron chi connectivity index (χ3n) is 1.97. The molecule has 1 amide bonds. The van der Waals surface area contributed by atoms with Crippen molar-refractivity contribution in [1.29, 1.82) is 0 Å². The van der Waals surface area contributed by atoms with Crippen LogP contribution in [0.3, 0.4) is 0 Å². The van der Waals surface area contributed by atoms with E-state index in [2.05, 4.69) is 15.3 Å². The van der Waals surface area contributed by atoms with Crippen LogP contribution in [0.15, 0.2) is 30.3 Å². The molecular formula is C10H10N2O2. The van der Waals surface area contributed by atoms with Crippen molar-refractivity contribution in [1.82, 2.24) is 10.5 Å². The van der Waals surface area contributed by atoms with E-state index in [1.807, 2.05) is 24.3 Å². The Bertz CT molecular complexity index is 429. The maximum Gasteiger partial charge on any atom is 0.291 e. The summed E-state index contributed by atoms with van der Waals surface area (Å²) in [5, 5.41) is 1.01. The van der Waals surface area contributed by atoms with Crippen molar-refractivity contribution in [2.24, 2.45) is 0 Å². The van der Waals surface area contributed by atoms with Crippen LogP contribution in [0.5, 0.6) is 0 Å². The first-order chi connectivity index (χ1) is 6.81. The standard InChI is InChI=1S/C10H10N2O2/c1-14-12-10(13)9-6-7-4-2-3-5-8(7)11-9/h2-6,11H,1H3,(H,12,13). The lowest BCUT2D eigenvalue weighted by atomic mass is 10.2. The molecule has 0 unspecified atom stereocenters. The summed E-state index contributed by atoms with van der Waals surface area (Å²) in [6.45, 7) is 0. The normalized spacial score (nSPS) is 10.4. The number of amides is 1. The van der Waals surface area contributed by atoms with Gasteiger partial charge in [0.1, 0.15) is 5.69 Å². The Labute approximate surface area is 80.8 Å². The second-order valence-corrected chi connectivity index (χ2v) is 2.91. The summed E-state index contributed by atoms with van der Waals surface area (Å²) < 4.78 is 0. The predicted octanol–water partition coefficient (Wildman–Crippen LogP) is 1.46. The molecule has 0 fully saturated rings. The van der Waals surface area contributed by atoms with Gasteiger partial charge in [0.05, 0.1) is 7.11 Å². The van der Waals surface area contributed by atoms with Crippen LogP contribution in [0.25, 0.3) is 10.9 Å². The molecule has 1 aromatic heterocycles. The number of hydrogen-bond donors (Lipinski definition) is 2. The fraction of sp³-hybridized carbons (Fsp3) is 0.100. The molecule has 0 aliphatic rings. The van der Waals surface area contributed by atoms with E-state index < -0.39 is 0 Å². The van der Waals surface area contributed by atoms with Crippen LogP contribution in [0, 0.1) is 0 Å². The number of nitrogens with one attached hydrogen (secondary N) is 2. The minimum Gasteiger partial charge on any atom is -0.350 e. The van der Waals surface area contributed by atoms with Gasteiger partial charge in [-0.2, -0.15) is 0 Å². The summed E-state index contributed by atoms with van der Waals surface area (Å²) in [4.78, 5) is 18.9. The van der Waals surface area contributed by atoms with Crippen LogP contribution in [0.2, 0.25) is 0 Å². The zero-order chi connectivity index (χ0) is 9.97. The van der Waals surface area contributed by atoms with Crippen LogP contribution in [0.1, 0.15) is 10.5 Å². The van der Waals surface area contributed by atoms with Crippen molar-refractivity contribution < 1.29 is 9.63 Å². The van der Waals surface area contributed by atoms with Crippen molar-refractivity contribution >= 4 is 16.8 Å². The van der Waals surface area contributed by atoms with Crippen LogP contribution in [0.4, 0.5) is 0 Å². The van der Waals surface area contributed by atoms with E-state index in [9.17, 15) is 4.79 Å². The maximum absolute atomic E-state index is 11.3. The second-order valence-electron chi connectivity index (χ2n) is 2.91. The van der Waals surface area contributed by atoms with Gasteiger partial charge < -0.3 is 4.98 Å². The first kappa shape index (κ1) is 8.77. The van der Waals surface area contributed by atoms with Gasteiger partial charge in [0.25, 0.3) is 5.91 Å². The Kier molecular flexibility index (Phi) is 2.20. The molecule has 72 valence electrons. The fourth-order valence-electron chi connectivity index (χ4n) is 1.34. The van der Waals surface area contributed by atoms with Gasteiger partial charge in [0, 0.05) is 10.9 Å². The number of benzene rings is 1. The number of aromatic nitrogens is 1. The smallest absolute Gasteiger partial charge is 0.291 e. The number of hydrogen-bond acceptors (Lipinski definition) is 2. The highest BCUT2D eigenvalue weighted by atomic mass is 16.6. The first-order valence-electron chi connectivity index (χ1n) is 4.22. The van der Waals surface area contributed by atoms with E-state index in [0.717, 1.165) is 10.9 Å². The van der Waals surface area contributed by atoms with Crippen molar-refractivity contribution in [2.45, 2.75) is 0 Å². The zero-order valence-electron chi connectivity index (χ0n) is 7.70. The molecular weight excluding hydrogens is 180 g/mol. The predicted molar refractivity (Wildman–Crippen MR) is 52.8 cm³/mol. The van der Waals surface area contributed by atoms with Crippen molar-refractivity contribution in [3.63, 3.8) is 0 Å². The van der Waals surface area contributed by atoms with Gasteiger partial charge in [-0.1, -0.05) is 18.2 Å². The molecule has 0 bridgehead atoms. The summed E-state index contributed by atoms with van der Waals surface area (Å²) in [6.07, 6.45) is 0. The third kappa shape index (κ3) is 1.47. The van der Waals surface area contributed by atoms with Gasteiger partial charge >= 0.3 is 0 Å². The quantitative estimate of drug-likeness (QED) is 0.704. The lowest BCUT2D eigenvalue weighted by Crippen LogP contribution is -2.21. The SMILES string of the molecule is CONC(=O)c1cc2ccccc2[nH]1. The molecule has 0 saturated heterocycles. The number of carbonyl (C=O) groups excluding carboxylic acids is 1. The third-order valence-corrected chi connectivity index (χ3v) is 1.97. The highest BCUT2D eigenvalue weighted by Gasteiger charge is 2.07. The molecule has 0 atom stereocenters. The molecule has 1 heterocycles. The molecule has 0 aliphatic carbocycles. The molecule has 4 nitrogen and oxygen atoms in total. The average Bonchev–Trinajstić information content (AvgIpc) is 2.61. The number of para-hydroxylation sites is 1. The summed E-state index contributed by atoms with van der Waals surface area (Å²) in [5.41, 5.74) is 3.68. The van der Waals surface area contributed by atoms with Crippen LogP contribution in [-0.4, -0.2) is 18.0 Å². The topological polar surface area (TPSA) is 54.1 Å². The summed E-state index contributed by atoms with van der Waals surface area (Å²) in [7, 11) is 1.40.